The van der Waals surface area contributed by atoms with Crippen LogP contribution in [0.3, 0.4) is 0 Å². The maximum Gasteiger partial charge on any atom is 0.153 e. The molecule has 1 aromatic heterocycles. The van der Waals surface area contributed by atoms with Crippen molar-refractivity contribution in [2.75, 3.05) is 5.73 Å². The molecule has 4 rings (SSSR count). The summed E-state index contributed by atoms with van der Waals surface area (Å²) in [7, 11) is 0. The minimum atomic E-state index is -0.590. The van der Waals surface area contributed by atoms with Crippen LogP contribution in [0.4, 0.5) is 14.6 Å². The van der Waals surface area contributed by atoms with E-state index >= 15 is 0 Å². The van der Waals surface area contributed by atoms with Crippen LogP contribution in [-0.2, 0) is 0 Å². The number of anilines is 1. The fraction of sp³-hybridized carbons (Fsp3) is 0.438. The van der Waals surface area contributed by atoms with Gasteiger partial charge in [-0.2, -0.15) is 5.10 Å². The predicted molar refractivity (Wildman–Crippen MR) is 76.5 cm³/mol. The summed E-state index contributed by atoms with van der Waals surface area (Å²) in [6, 6.07) is 3.60. The van der Waals surface area contributed by atoms with E-state index in [-0.39, 0.29) is 0 Å². The van der Waals surface area contributed by atoms with Crippen molar-refractivity contribution in [1.29, 1.82) is 0 Å². The number of hydrogen-bond acceptors (Lipinski definition) is 2. The lowest BCUT2D eigenvalue weighted by molar-refractivity contribution is 0.480. The van der Waals surface area contributed by atoms with Gasteiger partial charge in [0.1, 0.15) is 11.6 Å². The Hall–Kier alpha value is -1.91. The first-order valence-corrected chi connectivity index (χ1v) is 7.46. The van der Waals surface area contributed by atoms with Gasteiger partial charge < -0.3 is 5.73 Å². The zero-order chi connectivity index (χ0) is 14.6. The van der Waals surface area contributed by atoms with Gasteiger partial charge in [-0.25, -0.2) is 8.78 Å². The number of nitrogens with two attached hydrogens (primary N) is 1. The van der Waals surface area contributed by atoms with Gasteiger partial charge >= 0.3 is 0 Å². The Morgan fingerprint density at radius 1 is 1.14 bits per heavy atom. The minimum Gasteiger partial charge on any atom is -0.382 e. The number of nitrogen functional groups attached to an aromatic ring is 1. The molecule has 2 atom stereocenters. The Labute approximate surface area is 121 Å². The molecule has 0 radical (unpaired) electrons. The predicted octanol–water partition coefficient (Wildman–Crippen LogP) is 3.84. The van der Waals surface area contributed by atoms with Crippen LogP contribution < -0.4 is 5.73 Å². The molecule has 0 aliphatic heterocycles. The topological polar surface area (TPSA) is 54.7 Å². The highest BCUT2D eigenvalue weighted by molar-refractivity contribution is 5.77. The minimum absolute atomic E-state index is 0.291. The molecular formula is C16H17F2N3. The Kier molecular flexibility index (Phi) is 2.77. The van der Waals surface area contributed by atoms with E-state index < -0.39 is 11.6 Å². The molecule has 0 spiro atoms. The molecule has 3 N–H and O–H groups in total. The van der Waals surface area contributed by atoms with Gasteiger partial charge in [0.15, 0.2) is 5.82 Å². The molecule has 2 saturated carbocycles. The van der Waals surface area contributed by atoms with Gasteiger partial charge in [-0.1, -0.05) is 12.8 Å². The van der Waals surface area contributed by atoms with E-state index in [4.69, 9.17) is 5.73 Å². The summed E-state index contributed by atoms with van der Waals surface area (Å²) in [5, 5.41) is 7.07. The number of fused-ring (bicyclic) bond motifs is 1. The van der Waals surface area contributed by atoms with Crippen LogP contribution in [0.25, 0.3) is 11.1 Å². The van der Waals surface area contributed by atoms with Crippen LogP contribution >= 0.6 is 0 Å². The summed E-state index contributed by atoms with van der Waals surface area (Å²) < 4.78 is 27.2. The van der Waals surface area contributed by atoms with E-state index in [1.54, 1.807) is 0 Å². The molecule has 2 unspecified atom stereocenters. The van der Waals surface area contributed by atoms with Crippen LogP contribution in [0.1, 0.15) is 37.3 Å². The lowest BCUT2D eigenvalue weighted by Gasteiger charge is -2.06. The Bertz CT molecular complexity index is 683. The standard InChI is InChI=1S/C16H17F2N3/c17-8-5-6-11(12(18)7-8)14-15(20-21-16(14)19)13-9-3-1-2-4-10(9)13/h5-7,9-10,13H,1-4H2,(H3,19,20,21). The van der Waals surface area contributed by atoms with Crippen LogP contribution in [0, 0.1) is 23.5 Å². The molecule has 0 bridgehead atoms. The fourth-order valence-corrected chi connectivity index (χ4v) is 4.01. The molecule has 2 fully saturated rings. The number of aromatic amines is 1. The normalized spacial score (nSPS) is 27.4. The van der Waals surface area contributed by atoms with Gasteiger partial charge in [0, 0.05) is 28.8 Å². The lowest BCUT2D eigenvalue weighted by atomic mass is 10.0. The van der Waals surface area contributed by atoms with E-state index in [9.17, 15) is 8.78 Å². The maximum atomic E-state index is 14.1. The molecule has 5 heteroatoms. The summed E-state index contributed by atoms with van der Waals surface area (Å²) >= 11 is 0. The van der Waals surface area contributed by atoms with Gasteiger partial charge in [0.2, 0.25) is 0 Å². The van der Waals surface area contributed by atoms with Gasteiger partial charge in [0.25, 0.3) is 0 Å². The average Bonchev–Trinajstić information content (AvgIpc) is 3.08. The van der Waals surface area contributed by atoms with Gasteiger partial charge in [0.05, 0.1) is 0 Å². The number of H-pyrrole nitrogens is 1. The van der Waals surface area contributed by atoms with E-state index in [1.807, 2.05) is 0 Å². The van der Waals surface area contributed by atoms with Crippen molar-refractivity contribution in [1.82, 2.24) is 10.2 Å². The summed E-state index contributed by atoms with van der Waals surface area (Å²) in [4.78, 5) is 0. The van der Waals surface area contributed by atoms with Crippen molar-refractivity contribution in [2.45, 2.75) is 31.6 Å². The number of aromatic nitrogens is 2. The largest absolute Gasteiger partial charge is 0.382 e. The number of rotatable bonds is 2. The monoisotopic (exact) mass is 289 g/mol. The zero-order valence-corrected chi connectivity index (χ0v) is 11.6. The first-order valence-electron chi connectivity index (χ1n) is 7.46. The van der Waals surface area contributed by atoms with Crippen molar-refractivity contribution < 1.29 is 8.78 Å². The third-order valence-corrected chi connectivity index (χ3v) is 5.01. The van der Waals surface area contributed by atoms with E-state index in [0.717, 1.165) is 11.8 Å². The molecule has 2 aliphatic carbocycles. The summed E-state index contributed by atoms with van der Waals surface area (Å²) in [6.07, 6.45) is 4.97. The van der Waals surface area contributed by atoms with Crippen molar-refractivity contribution in [3.63, 3.8) is 0 Å². The number of hydrogen-bond donors (Lipinski definition) is 2. The van der Waals surface area contributed by atoms with Crippen molar-refractivity contribution in [3.05, 3.63) is 35.5 Å². The van der Waals surface area contributed by atoms with E-state index in [0.29, 0.717) is 34.7 Å². The number of nitrogens with zero attached hydrogens (tertiary/aromatic N) is 1. The van der Waals surface area contributed by atoms with Crippen LogP contribution in [0.2, 0.25) is 0 Å². The van der Waals surface area contributed by atoms with Gasteiger partial charge in [-0.15, -0.1) is 0 Å². The SMILES string of the molecule is Nc1n[nH]c(C2C3CCCCC32)c1-c1ccc(F)cc1F. The van der Waals surface area contributed by atoms with Crippen molar-refractivity contribution >= 4 is 5.82 Å². The summed E-state index contributed by atoms with van der Waals surface area (Å²) in [6.45, 7) is 0. The molecule has 0 amide bonds. The van der Waals surface area contributed by atoms with Gasteiger partial charge in [-0.05, 0) is 36.8 Å². The second kappa shape index (κ2) is 4.55. The third kappa shape index (κ3) is 1.94. The summed E-state index contributed by atoms with van der Waals surface area (Å²) in [5.41, 5.74) is 7.81. The highest BCUT2D eigenvalue weighted by Gasteiger charge is 2.53. The quantitative estimate of drug-likeness (QED) is 0.882. The van der Waals surface area contributed by atoms with Crippen LogP contribution in [0.15, 0.2) is 18.2 Å². The molecule has 21 heavy (non-hydrogen) atoms. The van der Waals surface area contributed by atoms with Crippen LogP contribution in [0.5, 0.6) is 0 Å². The van der Waals surface area contributed by atoms with Crippen molar-refractivity contribution in [3.8, 4) is 11.1 Å². The Balaban J connectivity index is 1.77. The van der Waals surface area contributed by atoms with Gasteiger partial charge in [-0.3, -0.25) is 5.10 Å². The number of nitrogens with one attached hydrogen (secondary N) is 1. The molecule has 2 aromatic rings. The molecule has 1 heterocycles. The second-order valence-corrected chi connectivity index (χ2v) is 6.16. The third-order valence-electron chi connectivity index (χ3n) is 5.01. The van der Waals surface area contributed by atoms with Crippen LogP contribution in [-0.4, -0.2) is 10.2 Å². The molecular weight excluding hydrogens is 272 g/mol. The highest BCUT2D eigenvalue weighted by atomic mass is 19.1. The molecule has 110 valence electrons. The molecule has 0 saturated heterocycles. The number of halogens is 2. The lowest BCUT2D eigenvalue weighted by Crippen LogP contribution is -1.94. The smallest absolute Gasteiger partial charge is 0.153 e. The molecule has 1 aromatic carbocycles. The number of benzene rings is 1. The Morgan fingerprint density at radius 3 is 2.52 bits per heavy atom. The van der Waals surface area contributed by atoms with E-state index in [1.165, 1.54) is 37.8 Å². The first kappa shape index (κ1) is 12.8. The molecule has 3 nitrogen and oxygen atoms in total. The average molecular weight is 289 g/mol. The maximum absolute atomic E-state index is 14.1. The Morgan fingerprint density at radius 2 is 1.86 bits per heavy atom. The zero-order valence-electron chi connectivity index (χ0n) is 11.6. The molecule has 2 aliphatic rings. The van der Waals surface area contributed by atoms with Crippen molar-refractivity contribution in [2.24, 2.45) is 11.8 Å². The van der Waals surface area contributed by atoms with E-state index in [2.05, 4.69) is 10.2 Å². The highest BCUT2D eigenvalue weighted by Crippen LogP contribution is 2.62. The second-order valence-electron chi connectivity index (χ2n) is 6.16. The fourth-order valence-electron chi connectivity index (χ4n) is 4.01. The first-order chi connectivity index (χ1) is 10.2. The summed E-state index contributed by atoms with van der Waals surface area (Å²) in [5.74, 6) is 0.852.